The van der Waals surface area contributed by atoms with Gasteiger partial charge in [-0.2, -0.15) is 0 Å². The maximum Gasteiger partial charge on any atom is 0.328 e. The molecule has 0 amide bonds. The molecule has 2 aromatic carbocycles. The van der Waals surface area contributed by atoms with Gasteiger partial charge in [-0.25, -0.2) is 4.79 Å². The molecule has 5 rings (SSSR count). The van der Waals surface area contributed by atoms with Crippen LogP contribution in [0.25, 0.3) is 10.9 Å². The third-order valence-corrected chi connectivity index (χ3v) is 6.96. The van der Waals surface area contributed by atoms with E-state index in [1.165, 1.54) is 22.8 Å². The normalized spacial score (nSPS) is 22.2. The Kier molecular flexibility index (Phi) is 5.06. The Labute approximate surface area is 180 Å². The van der Waals surface area contributed by atoms with Crippen molar-refractivity contribution in [3.05, 3.63) is 68.4 Å². The molecular weight excluding hydrogens is 394 g/mol. The molecule has 1 saturated heterocycles. The molecule has 2 N–H and O–H groups in total. The van der Waals surface area contributed by atoms with Gasteiger partial charge in [0.05, 0.1) is 25.1 Å². The number of methoxy groups -OCH3 is 2. The number of ether oxygens (including phenoxy) is 2. The van der Waals surface area contributed by atoms with Gasteiger partial charge in [-0.05, 0) is 61.1 Å². The minimum Gasteiger partial charge on any atom is -0.496 e. The second kappa shape index (κ2) is 7.89. The van der Waals surface area contributed by atoms with E-state index in [9.17, 15) is 9.59 Å². The lowest BCUT2D eigenvalue weighted by Crippen LogP contribution is -2.38. The molecule has 1 aliphatic heterocycles. The molecule has 1 aromatic heterocycles. The van der Waals surface area contributed by atoms with Crippen LogP contribution in [0.4, 0.5) is 0 Å². The molecule has 0 bridgehead atoms. The largest absolute Gasteiger partial charge is 0.496 e. The van der Waals surface area contributed by atoms with Crippen LogP contribution in [-0.2, 0) is 13.0 Å². The van der Waals surface area contributed by atoms with Crippen LogP contribution in [0.2, 0.25) is 0 Å². The van der Waals surface area contributed by atoms with Gasteiger partial charge >= 0.3 is 5.69 Å². The van der Waals surface area contributed by atoms with Crippen molar-refractivity contribution in [2.45, 2.75) is 37.8 Å². The number of fused-ring (bicyclic) bond motifs is 4. The SMILES string of the molecule is COc1cccc2c1CC[C@@H]1CNC(CCn3c(=O)[nH]c4c(OC)cccc4c3=O)[C@@H]21. The molecule has 1 fully saturated rings. The number of hydrogen-bond acceptors (Lipinski definition) is 5. The molecule has 1 aliphatic carbocycles. The summed E-state index contributed by atoms with van der Waals surface area (Å²) in [5, 5.41) is 4.12. The zero-order chi connectivity index (χ0) is 21.5. The summed E-state index contributed by atoms with van der Waals surface area (Å²) < 4.78 is 12.2. The van der Waals surface area contributed by atoms with Gasteiger partial charge in [0.2, 0.25) is 0 Å². The van der Waals surface area contributed by atoms with Crippen molar-refractivity contribution in [3.63, 3.8) is 0 Å². The predicted octanol–water partition coefficient (Wildman–Crippen LogP) is 2.42. The Morgan fingerprint density at radius 3 is 2.65 bits per heavy atom. The lowest BCUT2D eigenvalue weighted by Gasteiger charge is -2.32. The second-order valence-corrected chi connectivity index (χ2v) is 8.43. The smallest absolute Gasteiger partial charge is 0.328 e. The minimum absolute atomic E-state index is 0.212. The maximum atomic E-state index is 13.0. The van der Waals surface area contributed by atoms with Crippen LogP contribution in [0.5, 0.6) is 11.5 Å². The summed E-state index contributed by atoms with van der Waals surface area (Å²) in [5.74, 6) is 2.39. The first-order valence-electron chi connectivity index (χ1n) is 10.8. The molecule has 3 aromatic rings. The quantitative estimate of drug-likeness (QED) is 0.661. The Morgan fingerprint density at radius 1 is 1.06 bits per heavy atom. The van der Waals surface area contributed by atoms with Crippen molar-refractivity contribution < 1.29 is 9.47 Å². The van der Waals surface area contributed by atoms with Crippen molar-refractivity contribution in [1.29, 1.82) is 0 Å². The van der Waals surface area contributed by atoms with E-state index in [2.05, 4.69) is 22.4 Å². The molecule has 2 heterocycles. The first kappa shape index (κ1) is 19.9. The van der Waals surface area contributed by atoms with E-state index in [1.807, 2.05) is 6.07 Å². The van der Waals surface area contributed by atoms with Gasteiger partial charge in [-0.1, -0.05) is 18.2 Å². The van der Waals surface area contributed by atoms with Gasteiger partial charge in [0.15, 0.2) is 0 Å². The summed E-state index contributed by atoms with van der Waals surface area (Å²) in [4.78, 5) is 28.6. The Balaban J connectivity index is 1.45. The summed E-state index contributed by atoms with van der Waals surface area (Å²) in [5.41, 5.74) is 2.41. The van der Waals surface area contributed by atoms with Crippen molar-refractivity contribution in [2.24, 2.45) is 5.92 Å². The monoisotopic (exact) mass is 421 g/mol. The van der Waals surface area contributed by atoms with E-state index in [0.29, 0.717) is 41.5 Å². The number of nitrogens with one attached hydrogen (secondary N) is 2. The molecule has 0 radical (unpaired) electrons. The fourth-order valence-electron chi connectivity index (χ4n) is 5.49. The molecule has 2 aliphatic rings. The number of benzene rings is 2. The topological polar surface area (TPSA) is 85.3 Å². The number of rotatable bonds is 5. The minimum atomic E-state index is -0.401. The maximum absolute atomic E-state index is 13.0. The number of hydrogen-bond donors (Lipinski definition) is 2. The Morgan fingerprint density at radius 2 is 1.84 bits per heavy atom. The molecule has 0 spiro atoms. The predicted molar refractivity (Wildman–Crippen MR) is 119 cm³/mol. The average molecular weight is 421 g/mol. The third-order valence-electron chi connectivity index (χ3n) is 6.96. The summed E-state index contributed by atoms with van der Waals surface area (Å²) in [7, 11) is 3.25. The lowest BCUT2D eigenvalue weighted by molar-refractivity contribution is 0.371. The van der Waals surface area contributed by atoms with E-state index in [1.54, 1.807) is 25.3 Å². The number of H-pyrrole nitrogens is 1. The van der Waals surface area contributed by atoms with Crippen molar-refractivity contribution >= 4 is 10.9 Å². The van der Waals surface area contributed by atoms with Crippen LogP contribution in [0.3, 0.4) is 0 Å². The highest BCUT2D eigenvalue weighted by Crippen LogP contribution is 2.45. The van der Waals surface area contributed by atoms with Gasteiger partial charge in [0.25, 0.3) is 5.56 Å². The van der Waals surface area contributed by atoms with Crippen LogP contribution in [0, 0.1) is 5.92 Å². The zero-order valence-electron chi connectivity index (χ0n) is 17.8. The summed E-state index contributed by atoms with van der Waals surface area (Å²) in [6.07, 6.45) is 2.86. The second-order valence-electron chi connectivity index (χ2n) is 8.43. The highest BCUT2D eigenvalue weighted by atomic mass is 16.5. The lowest BCUT2D eigenvalue weighted by atomic mass is 9.73. The number of para-hydroxylation sites is 1. The fourth-order valence-corrected chi connectivity index (χ4v) is 5.49. The van der Waals surface area contributed by atoms with Gasteiger partial charge in [-0.3, -0.25) is 9.36 Å². The third kappa shape index (κ3) is 3.24. The molecule has 162 valence electrons. The first-order chi connectivity index (χ1) is 15.1. The van der Waals surface area contributed by atoms with Crippen LogP contribution in [0.15, 0.2) is 46.0 Å². The zero-order valence-corrected chi connectivity index (χ0v) is 17.8. The van der Waals surface area contributed by atoms with Crippen molar-refractivity contribution in [2.75, 3.05) is 20.8 Å². The molecule has 0 saturated carbocycles. The van der Waals surface area contributed by atoms with Crippen molar-refractivity contribution in [3.8, 4) is 11.5 Å². The molecular formula is C24H27N3O4. The highest BCUT2D eigenvalue weighted by molar-refractivity contribution is 5.83. The first-order valence-corrected chi connectivity index (χ1v) is 10.8. The van der Waals surface area contributed by atoms with Gasteiger partial charge in [-0.15, -0.1) is 0 Å². The van der Waals surface area contributed by atoms with E-state index in [0.717, 1.165) is 25.1 Å². The number of aromatic nitrogens is 2. The van der Waals surface area contributed by atoms with Gasteiger partial charge in [0, 0.05) is 18.5 Å². The Bertz CT molecular complexity index is 1250. The van der Waals surface area contributed by atoms with Crippen LogP contribution in [0.1, 0.15) is 29.9 Å². The van der Waals surface area contributed by atoms with E-state index >= 15 is 0 Å². The van der Waals surface area contributed by atoms with Gasteiger partial charge < -0.3 is 19.8 Å². The van der Waals surface area contributed by atoms with E-state index in [-0.39, 0.29) is 11.6 Å². The fraction of sp³-hybridized carbons (Fsp3) is 0.417. The molecule has 1 unspecified atom stereocenters. The molecule has 7 heteroatoms. The van der Waals surface area contributed by atoms with Gasteiger partial charge in [0.1, 0.15) is 11.5 Å². The molecule has 3 atom stereocenters. The van der Waals surface area contributed by atoms with Crippen molar-refractivity contribution in [1.82, 2.24) is 14.9 Å². The standard InChI is InChI=1S/C24H27N3O4/c1-30-19-7-3-5-16-15(19)10-9-14-13-25-18(21(14)16)11-12-27-23(28)17-6-4-8-20(31-2)22(17)26-24(27)29/h3-8,14,18,21,25H,9-13H2,1-2H3,(H,26,29)/t14-,18?,21-/m1/s1. The Hall–Kier alpha value is -3.06. The average Bonchev–Trinajstić information content (AvgIpc) is 3.21. The van der Waals surface area contributed by atoms with Crippen LogP contribution in [-0.4, -0.2) is 36.4 Å². The van der Waals surface area contributed by atoms with Crippen LogP contribution < -0.4 is 26.0 Å². The van der Waals surface area contributed by atoms with E-state index in [4.69, 9.17) is 9.47 Å². The van der Waals surface area contributed by atoms with E-state index < -0.39 is 5.69 Å². The highest BCUT2D eigenvalue weighted by Gasteiger charge is 2.40. The summed E-state index contributed by atoms with van der Waals surface area (Å²) in [6, 6.07) is 11.7. The molecule has 7 nitrogen and oxygen atoms in total. The van der Waals surface area contributed by atoms with Crippen LogP contribution >= 0.6 is 0 Å². The summed E-state index contributed by atoms with van der Waals surface area (Å²) in [6.45, 7) is 1.33. The molecule has 31 heavy (non-hydrogen) atoms. The number of nitrogens with zero attached hydrogens (tertiary/aromatic N) is 1. The summed E-state index contributed by atoms with van der Waals surface area (Å²) >= 11 is 0. The number of aromatic amines is 1.